The van der Waals surface area contributed by atoms with Gasteiger partial charge in [-0.2, -0.15) is 0 Å². The van der Waals surface area contributed by atoms with Crippen LogP contribution in [0.4, 0.5) is 4.39 Å². The van der Waals surface area contributed by atoms with E-state index < -0.39 is 0 Å². The Balaban J connectivity index is 2.42. The van der Waals surface area contributed by atoms with Crippen LogP contribution in [0.25, 0.3) is 16.8 Å². The first kappa shape index (κ1) is 9.59. The highest BCUT2D eigenvalue weighted by Gasteiger charge is 2.14. The van der Waals surface area contributed by atoms with Crippen molar-refractivity contribution in [3.63, 3.8) is 0 Å². The smallest absolute Gasteiger partial charge is 0.123 e. The van der Waals surface area contributed by atoms with Crippen LogP contribution in [0.2, 0.25) is 0 Å². The van der Waals surface area contributed by atoms with Gasteiger partial charge in [-0.25, -0.2) is 4.39 Å². The summed E-state index contributed by atoms with van der Waals surface area (Å²) >= 11 is 0. The van der Waals surface area contributed by atoms with E-state index in [0.717, 1.165) is 11.8 Å². The molecule has 1 heteroatoms. The maximum atomic E-state index is 13.3. The van der Waals surface area contributed by atoms with E-state index in [9.17, 15) is 4.39 Å². The molecule has 1 aliphatic rings. The zero-order valence-corrected chi connectivity index (χ0v) is 9.47. The van der Waals surface area contributed by atoms with Crippen LogP contribution in [0.3, 0.4) is 0 Å². The fraction of sp³-hybridized carbons (Fsp3) is 0.200. The van der Waals surface area contributed by atoms with Crippen molar-refractivity contribution in [2.24, 2.45) is 0 Å². The van der Waals surface area contributed by atoms with Gasteiger partial charge in [-0.1, -0.05) is 23.8 Å². The third-order valence-corrected chi connectivity index (χ3v) is 3.31. The van der Waals surface area contributed by atoms with E-state index in [1.54, 1.807) is 6.07 Å². The molecular formula is C15H13F. The maximum Gasteiger partial charge on any atom is 0.123 e. The predicted octanol–water partition coefficient (Wildman–Crippen LogP) is 4.25. The second-order valence-electron chi connectivity index (χ2n) is 4.62. The summed E-state index contributed by atoms with van der Waals surface area (Å²) in [5.74, 6) is -0.148. The second kappa shape index (κ2) is 3.18. The molecule has 0 atom stereocenters. The van der Waals surface area contributed by atoms with Gasteiger partial charge in [0.15, 0.2) is 0 Å². The Bertz CT molecular complexity index is 621. The molecule has 0 aliphatic heterocycles. The van der Waals surface area contributed by atoms with Crippen LogP contribution >= 0.6 is 0 Å². The predicted molar refractivity (Wildman–Crippen MR) is 66.0 cm³/mol. The van der Waals surface area contributed by atoms with E-state index in [4.69, 9.17) is 0 Å². The Morgan fingerprint density at radius 3 is 2.69 bits per heavy atom. The molecule has 0 nitrogen and oxygen atoms in total. The van der Waals surface area contributed by atoms with E-state index in [1.165, 1.54) is 33.7 Å². The number of aryl methyl sites for hydroxylation is 1. The Morgan fingerprint density at radius 1 is 1.06 bits per heavy atom. The first-order valence-corrected chi connectivity index (χ1v) is 5.54. The van der Waals surface area contributed by atoms with Gasteiger partial charge in [-0.15, -0.1) is 0 Å². The zero-order valence-electron chi connectivity index (χ0n) is 9.47. The highest BCUT2D eigenvalue weighted by atomic mass is 19.1. The molecular weight excluding hydrogens is 199 g/mol. The molecule has 0 unspecified atom stereocenters. The molecule has 0 radical (unpaired) electrons. The topological polar surface area (TPSA) is 0 Å². The molecule has 16 heavy (non-hydrogen) atoms. The van der Waals surface area contributed by atoms with Gasteiger partial charge in [0.2, 0.25) is 0 Å². The van der Waals surface area contributed by atoms with E-state index in [2.05, 4.69) is 26.0 Å². The Morgan fingerprint density at radius 2 is 1.88 bits per heavy atom. The molecule has 0 fully saturated rings. The van der Waals surface area contributed by atoms with Gasteiger partial charge in [0, 0.05) is 0 Å². The van der Waals surface area contributed by atoms with Crippen molar-refractivity contribution in [3.8, 4) is 0 Å². The summed E-state index contributed by atoms with van der Waals surface area (Å²) in [6.45, 7) is 4.21. The third-order valence-electron chi connectivity index (χ3n) is 3.31. The van der Waals surface area contributed by atoms with Crippen LogP contribution in [0.1, 0.15) is 23.6 Å². The lowest BCUT2D eigenvalue weighted by Gasteiger charge is -2.09. The Hall–Kier alpha value is -1.63. The van der Waals surface area contributed by atoms with Crippen molar-refractivity contribution in [1.29, 1.82) is 0 Å². The van der Waals surface area contributed by atoms with Crippen molar-refractivity contribution in [2.45, 2.75) is 20.3 Å². The lowest BCUT2D eigenvalue weighted by molar-refractivity contribution is 0.629. The van der Waals surface area contributed by atoms with E-state index >= 15 is 0 Å². The van der Waals surface area contributed by atoms with E-state index in [0.29, 0.717) is 0 Å². The minimum atomic E-state index is -0.148. The molecule has 0 heterocycles. The Kier molecular flexibility index (Phi) is 1.90. The van der Waals surface area contributed by atoms with Crippen LogP contribution in [-0.4, -0.2) is 0 Å². The largest absolute Gasteiger partial charge is 0.207 e. The molecule has 80 valence electrons. The quantitative estimate of drug-likeness (QED) is 0.612. The van der Waals surface area contributed by atoms with Gasteiger partial charge in [-0.3, -0.25) is 0 Å². The normalized spacial score (nSPS) is 14.1. The van der Waals surface area contributed by atoms with Crippen LogP contribution in [0, 0.1) is 12.7 Å². The van der Waals surface area contributed by atoms with Gasteiger partial charge >= 0.3 is 0 Å². The number of halogens is 1. The summed E-state index contributed by atoms with van der Waals surface area (Å²) in [4.78, 5) is 0. The number of hydrogen-bond acceptors (Lipinski definition) is 0. The molecule has 0 N–H and O–H groups in total. The average molecular weight is 212 g/mol. The van der Waals surface area contributed by atoms with Crippen molar-refractivity contribution in [1.82, 2.24) is 0 Å². The van der Waals surface area contributed by atoms with Crippen LogP contribution in [0.5, 0.6) is 0 Å². The van der Waals surface area contributed by atoms with E-state index in [-0.39, 0.29) is 5.82 Å². The molecule has 0 amide bonds. The second-order valence-corrected chi connectivity index (χ2v) is 4.62. The number of rotatable bonds is 0. The van der Waals surface area contributed by atoms with Crippen molar-refractivity contribution < 1.29 is 4.39 Å². The van der Waals surface area contributed by atoms with Crippen LogP contribution < -0.4 is 0 Å². The van der Waals surface area contributed by atoms with Crippen molar-refractivity contribution in [2.75, 3.05) is 0 Å². The molecule has 3 rings (SSSR count). The molecule has 0 aromatic heterocycles. The molecule has 0 spiro atoms. The van der Waals surface area contributed by atoms with Crippen LogP contribution in [0.15, 0.2) is 29.8 Å². The number of fused-ring (bicyclic) bond motifs is 3. The maximum absolute atomic E-state index is 13.3. The summed E-state index contributed by atoms with van der Waals surface area (Å²) in [5.41, 5.74) is 5.11. The number of allylic oxidation sites excluding steroid dienone is 1. The van der Waals surface area contributed by atoms with Gasteiger partial charge in [-0.05, 0) is 59.9 Å². The number of hydrogen-bond donors (Lipinski definition) is 0. The summed E-state index contributed by atoms with van der Waals surface area (Å²) in [6, 6.07) is 7.28. The first-order valence-electron chi connectivity index (χ1n) is 5.54. The summed E-state index contributed by atoms with van der Waals surface area (Å²) < 4.78 is 13.3. The highest BCUT2D eigenvalue weighted by Crippen LogP contribution is 2.33. The highest BCUT2D eigenvalue weighted by molar-refractivity contribution is 5.93. The summed E-state index contributed by atoms with van der Waals surface area (Å²) in [5, 5.41) is 2.24. The SMILES string of the molecule is CC1=Cc2cc(C)c3ccc(F)cc3c2C1. The van der Waals surface area contributed by atoms with Gasteiger partial charge in [0.25, 0.3) is 0 Å². The Labute approximate surface area is 94.4 Å². The van der Waals surface area contributed by atoms with Crippen molar-refractivity contribution >= 4 is 16.8 Å². The monoisotopic (exact) mass is 212 g/mol. The minimum absolute atomic E-state index is 0.148. The molecule has 2 aromatic carbocycles. The van der Waals surface area contributed by atoms with Crippen molar-refractivity contribution in [3.05, 3.63) is 52.3 Å². The molecule has 1 aliphatic carbocycles. The van der Waals surface area contributed by atoms with Gasteiger partial charge in [0.1, 0.15) is 5.82 Å². The standard InChI is InChI=1S/C15H13F/c1-9-5-11-7-10(2)13-4-3-12(16)8-15(13)14(11)6-9/h3-5,7-8H,6H2,1-2H3. The molecule has 0 bridgehead atoms. The zero-order chi connectivity index (χ0) is 11.3. The molecule has 0 saturated carbocycles. The van der Waals surface area contributed by atoms with E-state index in [1.807, 2.05) is 6.07 Å². The molecule has 2 aromatic rings. The average Bonchev–Trinajstić information content (AvgIpc) is 2.59. The summed E-state index contributed by atoms with van der Waals surface area (Å²) in [7, 11) is 0. The van der Waals surface area contributed by atoms with Gasteiger partial charge in [0.05, 0.1) is 0 Å². The summed E-state index contributed by atoms with van der Waals surface area (Å²) in [6.07, 6.45) is 3.16. The fourth-order valence-corrected chi connectivity index (χ4v) is 2.59. The minimum Gasteiger partial charge on any atom is -0.207 e. The lowest BCUT2D eigenvalue weighted by Crippen LogP contribution is -1.90. The first-order chi connectivity index (χ1) is 7.65. The number of benzene rings is 2. The van der Waals surface area contributed by atoms with Crippen LogP contribution in [-0.2, 0) is 6.42 Å². The molecule has 0 saturated heterocycles. The third kappa shape index (κ3) is 1.28. The lowest BCUT2D eigenvalue weighted by atomic mass is 9.96. The van der Waals surface area contributed by atoms with Gasteiger partial charge < -0.3 is 0 Å². The fourth-order valence-electron chi connectivity index (χ4n) is 2.59.